The summed E-state index contributed by atoms with van der Waals surface area (Å²) >= 11 is 1.61. The van der Waals surface area contributed by atoms with Gasteiger partial charge in [-0.2, -0.15) is 0 Å². The number of amides is 1. The van der Waals surface area contributed by atoms with Crippen molar-refractivity contribution in [3.05, 3.63) is 52.5 Å². The van der Waals surface area contributed by atoms with Gasteiger partial charge in [-0.05, 0) is 49.1 Å². The van der Waals surface area contributed by atoms with Crippen LogP contribution in [0, 0.1) is 5.82 Å². The zero-order valence-corrected chi connectivity index (χ0v) is 16.5. The van der Waals surface area contributed by atoms with Crippen LogP contribution in [0.25, 0.3) is 0 Å². The molecule has 0 N–H and O–H groups in total. The Morgan fingerprint density at radius 2 is 1.88 bits per heavy atom. The molecule has 0 aliphatic heterocycles. The molecule has 0 aliphatic carbocycles. The van der Waals surface area contributed by atoms with Crippen LogP contribution >= 0.6 is 11.3 Å². The number of hydrogen-bond donors (Lipinski definition) is 0. The molecule has 1 amide bonds. The standard InChI is InChI=1S/C18H23FN2O3S2/c1-3-21(14-16-6-5-13-25-16)18(22)7-4-12-20(2)26(23,24)17-10-8-15(19)9-11-17/h5-6,8-11,13H,3-4,7,12,14H2,1-2H3. The minimum absolute atomic E-state index is 0.00785. The molecule has 0 bridgehead atoms. The van der Waals surface area contributed by atoms with E-state index in [0.717, 1.165) is 17.0 Å². The van der Waals surface area contributed by atoms with Crippen molar-refractivity contribution < 1.29 is 17.6 Å². The van der Waals surface area contributed by atoms with E-state index in [4.69, 9.17) is 0 Å². The predicted molar refractivity (Wildman–Crippen MR) is 101 cm³/mol. The van der Waals surface area contributed by atoms with Crippen molar-refractivity contribution in [2.45, 2.75) is 31.2 Å². The molecule has 0 radical (unpaired) electrons. The van der Waals surface area contributed by atoms with E-state index in [9.17, 15) is 17.6 Å². The van der Waals surface area contributed by atoms with Gasteiger partial charge in [-0.1, -0.05) is 6.07 Å². The number of halogens is 1. The number of thiophene rings is 1. The van der Waals surface area contributed by atoms with Gasteiger partial charge in [0.25, 0.3) is 0 Å². The van der Waals surface area contributed by atoms with E-state index in [0.29, 0.717) is 19.5 Å². The summed E-state index contributed by atoms with van der Waals surface area (Å²) in [5.74, 6) is -0.476. The highest BCUT2D eigenvalue weighted by atomic mass is 32.2. The Morgan fingerprint density at radius 1 is 1.19 bits per heavy atom. The first-order valence-corrected chi connectivity index (χ1v) is 10.7. The van der Waals surface area contributed by atoms with Crippen molar-refractivity contribution in [2.24, 2.45) is 0 Å². The topological polar surface area (TPSA) is 57.7 Å². The third kappa shape index (κ3) is 5.36. The van der Waals surface area contributed by atoms with E-state index in [1.54, 1.807) is 16.2 Å². The average molecular weight is 399 g/mol. The molecule has 1 aromatic carbocycles. The molecule has 0 fully saturated rings. The minimum atomic E-state index is -3.68. The van der Waals surface area contributed by atoms with Gasteiger partial charge >= 0.3 is 0 Å². The smallest absolute Gasteiger partial charge is 0.242 e. The maximum Gasteiger partial charge on any atom is 0.242 e. The highest BCUT2D eigenvalue weighted by Crippen LogP contribution is 2.16. The first-order chi connectivity index (χ1) is 12.3. The van der Waals surface area contributed by atoms with Crippen LogP contribution in [0.4, 0.5) is 4.39 Å². The number of benzene rings is 1. The van der Waals surface area contributed by atoms with Crippen molar-refractivity contribution in [1.82, 2.24) is 9.21 Å². The molecule has 8 heteroatoms. The number of hydrogen-bond acceptors (Lipinski definition) is 4. The third-order valence-electron chi connectivity index (χ3n) is 4.05. The molecule has 2 rings (SSSR count). The van der Waals surface area contributed by atoms with E-state index in [1.807, 2.05) is 24.4 Å². The molecule has 142 valence electrons. The summed E-state index contributed by atoms with van der Waals surface area (Å²) in [5.41, 5.74) is 0. The maximum atomic E-state index is 13.0. The normalized spacial score (nSPS) is 11.7. The molecule has 2 aromatic rings. The molecule has 26 heavy (non-hydrogen) atoms. The number of carbonyl (C=O) groups is 1. The number of rotatable bonds is 9. The molecule has 5 nitrogen and oxygen atoms in total. The Kier molecular flexibility index (Phi) is 7.31. The summed E-state index contributed by atoms with van der Waals surface area (Å²) in [6.45, 7) is 3.34. The molecule has 0 unspecified atom stereocenters. The molecule has 0 saturated heterocycles. The van der Waals surface area contributed by atoms with Crippen molar-refractivity contribution in [3.63, 3.8) is 0 Å². The summed E-state index contributed by atoms with van der Waals surface area (Å²) in [6, 6.07) is 8.66. The van der Waals surface area contributed by atoms with Gasteiger partial charge in [0.1, 0.15) is 5.82 Å². The lowest BCUT2D eigenvalue weighted by atomic mass is 10.2. The van der Waals surface area contributed by atoms with Crippen LogP contribution in [0.1, 0.15) is 24.6 Å². The van der Waals surface area contributed by atoms with Crippen LogP contribution in [-0.2, 0) is 21.4 Å². The zero-order valence-electron chi connectivity index (χ0n) is 14.9. The Balaban J connectivity index is 1.87. The average Bonchev–Trinajstić information content (AvgIpc) is 3.12. The second-order valence-corrected chi connectivity index (χ2v) is 8.95. The van der Waals surface area contributed by atoms with Gasteiger partial charge in [0.2, 0.25) is 15.9 Å². The lowest BCUT2D eigenvalue weighted by molar-refractivity contribution is -0.131. The van der Waals surface area contributed by atoms with Crippen LogP contribution in [0.15, 0.2) is 46.7 Å². The second-order valence-electron chi connectivity index (χ2n) is 5.87. The van der Waals surface area contributed by atoms with E-state index >= 15 is 0 Å². The van der Waals surface area contributed by atoms with Crippen LogP contribution in [0.3, 0.4) is 0 Å². The fourth-order valence-corrected chi connectivity index (χ4v) is 4.41. The van der Waals surface area contributed by atoms with Crippen molar-refractivity contribution >= 4 is 27.3 Å². The van der Waals surface area contributed by atoms with Crippen LogP contribution in [-0.4, -0.2) is 43.7 Å². The zero-order chi connectivity index (χ0) is 19.2. The van der Waals surface area contributed by atoms with Gasteiger partial charge in [0.05, 0.1) is 11.4 Å². The second kappa shape index (κ2) is 9.25. The first-order valence-electron chi connectivity index (χ1n) is 8.36. The van der Waals surface area contributed by atoms with Gasteiger partial charge in [0.15, 0.2) is 0 Å². The van der Waals surface area contributed by atoms with Crippen LogP contribution in [0.5, 0.6) is 0 Å². The van der Waals surface area contributed by atoms with Crippen molar-refractivity contribution in [2.75, 3.05) is 20.1 Å². The van der Waals surface area contributed by atoms with Gasteiger partial charge in [-0.25, -0.2) is 17.1 Å². The quantitative estimate of drug-likeness (QED) is 0.651. The molecule has 0 atom stereocenters. The van der Waals surface area contributed by atoms with Gasteiger partial charge < -0.3 is 4.90 Å². The Labute approximate surface area is 158 Å². The van der Waals surface area contributed by atoms with E-state index in [2.05, 4.69) is 0 Å². The summed E-state index contributed by atoms with van der Waals surface area (Å²) in [6.07, 6.45) is 0.708. The van der Waals surface area contributed by atoms with Crippen LogP contribution < -0.4 is 0 Å². The van der Waals surface area contributed by atoms with E-state index in [-0.39, 0.29) is 23.8 Å². The highest BCUT2D eigenvalue weighted by Gasteiger charge is 2.21. The van der Waals surface area contributed by atoms with Crippen molar-refractivity contribution in [3.8, 4) is 0 Å². The molecular weight excluding hydrogens is 375 g/mol. The molecule has 1 aromatic heterocycles. The highest BCUT2D eigenvalue weighted by molar-refractivity contribution is 7.89. The number of sulfonamides is 1. The molecule has 0 saturated carbocycles. The minimum Gasteiger partial charge on any atom is -0.338 e. The van der Waals surface area contributed by atoms with E-state index in [1.165, 1.54) is 23.5 Å². The monoisotopic (exact) mass is 398 g/mol. The lowest BCUT2D eigenvalue weighted by Crippen LogP contribution is -2.32. The fraction of sp³-hybridized carbons (Fsp3) is 0.389. The SMILES string of the molecule is CCN(Cc1cccs1)C(=O)CCCN(C)S(=O)(=O)c1ccc(F)cc1. The first kappa shape index (κ1) is 20.5. The molecule has 1 heterocycles. The molecule has 0 spiro atoms. The summed E-state index contributed by atoms with van der Waals surface area (Å²) in [5, 5.41) is 1.98. The summed E-state index contributed by atoms with van der Waals surface area (Å²) in [4.78, 5) is 15.3. The Morgan fingerprint density at radius 3 is 2.46 bits per heavy atom. The van der Waals surface area contributed by atoms with E-state index < -0.39 is 15.8 Å². The number of carbonyl (C=O) groups excluding carboxylic acids is 1. The Hall–Kier alpha value is -1.77. The predicted octanol–water partition coefficient (Wildman–Crippen LogP) is 3.34. The van der Waals surface area contributed by atoms with Gasteiger partial charge in [0, 0.05) is 31.4 Å². The van der Waals surface area contributed by atoms with Crippen molar-refractivity contribution in [1.29, 1.82) is 0 Å². The number of nitrogens with zero attached hydrogens (tertiary/aromatic N) is 2. The summed E-state index contributed by atoms with van der Waals surface area (Å²) < 4.78 is 39.0. The fourth-order valence-electron chi connectivity index (χ4n) is 2.48. The van der Waals surface area contributed by atoms with Crippen LogP contribution in [0.2, 0.25) is 0 Å². The van der Waals surface area contributed by atoms with Gasteiger partial charge in [-0.3, -0.25) is 4.79 Å². The Bertz CT molecular complexity index is 805. The third-order valence-corrected chi connectivity index (χ3v) is 6.78. The molecular formula is C18H23FN2O3S2. The lowest BCUT2D eigenvalue weighted by Gasteiger charge is -2.21. The van der Waals surface area contributed by atoms with Gasteiger partial charge in [-0.15, -0.1) is 11.3 Å². The molecule has 0 aliphatic rings. The summed E-state index contributed by atoms with van der Waals surface area (Å²) in [7, 11) is -2.21. The maximum absolute atomic E-state index is 13.0. The largest absolute Gasteiger partial charge is 0.338 e.